The van der Waals surface area contributed by atoms with Crippen LogP contribution in [-0.2, 0) is 6.54 Å². The number of nitrogen functional groups attached to an aromatic ring is 1. The van der Waals surface area contributed by atoms with Crippen LogP contribution in [0.1, 0.15) is 5.56 Å². The second-order valence-electron chi connectivity index (χ2n) is 4.35. The average Bonchev–Trinajstić information content (AvgIpc) is 2.40. The number of benzene rings is 1. The van der Waals surface area contributed by atoms with Gasteiger partial charge in [-0.15, -0.1) is 0 Å². The number of hydrogen-bond donors (Lipinski definition) is 1. The van der Waals surface area contributed by atoms with Gasteiger partial charge in [-0.1, -0.05) is 23.7 Å². The smallest absolute Gasteiger partial charge is 0.276 e. The van der Waals surface area contributed by atoms with Gasteiger partial charge < -0.3 is 10.6 Å². The molecule has 20 heavy (non-hydrogen) atoms. The number of nitro groups is 1. The lowest BCUT2D eigenvalue weighted by molar-refractivity contribution is -0.384. The molecule has 7 heteroatoms. The molecule has 1 aromatic heterocycles. The number of anilines is 2. The number of nitrogens with zero attached hydrogens (tertiary/aromatic N) is 3. The van der Waals surface area contributed by atoms with Crippen LogP contribution in [0.5, 0.6) is 0 Å². The Morgan fingerprint density at radius 2 is 2.00 bits per heavy atom. The lowest BCUT2D eigenvalue weighted by atomic mass is 10.2. The molecule has 2 N–H and O–H groups in total. The van der Waals surface area contributed by atoms with E-state index in [1.165, 1.54) is 12.1 Å². The lowest BCUT2D eigenvalue weighted by Crippen LogP contribution is -2.18. The maximum atomic E-state index is 10.8. The number of nitrogens with two attached hydrogens (primary N) is 1. The Labute approximate surface area is 120 Å². The highest BCUT2D eigenvalue weighted by atomic mass is 35.5. The average molecular weight is 293 g/mol. The molecule has 0 aliphatic carbocycles. The minimum Gasteiger partial charge on any atom is -0.383 e. The summed E-state index contributed by atoms with van der Waals surface area (Å²) in [6.45, 7) is 0.546. The van der Waals surface area contributed by atoms with Crippen molar-refractivity contribution in [1.29, 1.82) is 0 Å². The van der Waals surface area contributed by atoms with Crippen molar-refractivity contribution < 1.29 is 4.92 Å². The van der Waals surface area contributed by atoms with Crippen LogP contribution in [0, 0.1) is 10.1 Å². The molecule has 0 aliphatic heterocycles. The molecule has 6 nitrogen and oxygen atoms in total. The molecule has 0 spiro atoms. The summed E-state index contributed by atoms with van der Waals surface area (Å²) < 4.78 is 0. The van der Waals surface area contributed by atoms with Crippen LogP contribution in [0.15, 0.2) is 36.4 Å². The Bertz CT molecular complexity index is 631. The molecule has 0 amide bonds. The zero-order chi connectivity index (χ0) is 14.7. The highest BCUT2D eigenvalue weighted by Gasteiger charge is 2.12. The van der Waals surface area contributed by atoms with Crippen LogP contribution in [0.2, 0.25) is 5.02 Å². The molecule has 1 heterocycles. The zero-order valence-electron chi connectivity index (χ0n) is 10.8. The molecule has 0 atom stereocenters. The lowest BCUT2D eigenvalue weighted by Gasteiger charge is -2.18. The van der Waals surface area contributed by atoms with Gasteiger partial charge in [-0.2, -0.15) is 0 Å². The summed E-state index contributed by atoms with van der Waals surface area (Å²) >= 11 is 5.82. The number of hydrogen-bond acceptors (Lipinski definition) is 5. The van der Waals surface area contributed by atoms with Crippen molar-refractivity contribution in [2.75, 3.05) is 17.7 Å². The normalized spacial score (nSPS) is 10.3. The second kappa shape index (κ2) is 5.75. The van der Waals surface area contributed by atoms with E-state index in [9.17, 15) is 10.1 Å². The van der Waals surface area contributed by atoms with Crippen LogP contribution in [0.3, 0.4) is 0 Å². The van der Waals surface area contributed by atoms with Crippen molar-refractivity contribution in [1.82, 2.24) is 4.98 Å². The first-order chi connectivity index (χ1) is 9.45. The van der Waals surface area contributed by atoms with E-state index in [4.69, 9.17) is 17.3 Å². The molecule has 0 aliphatic rings. The van der Waals surface area contributed by atoms with E-state index in [1.54, 1.807) is 24.1 Å². The Hall–Kier alpha value is -2.34. The first-order valence-electron chi connectivity index (χ1n) is 5.83. The van der Waals surface area contributed by atoms with Crippen molar-refractivity contribution >= 4 is 28.9 Å². The summed E-state index contributed by atoms with van der Waals surface area (Å²) in [4.78, 5) is 16.2. The number of aromatic nitrogens is 1. The Kier molecular flexibility index (Phi) is 4.05. The van der Waals surface area contributed by atoms with Gasteiger partial charge >= 0.3 is 0 Å². The minimum absolute atomic E-state index is 0.0737. The molecule has 1 aromatic carbocycles. The van der Waals surface area contributed by atoms with Gasteiger partial charge in [0.25, 0.3) is 5.69 Å². The summed E-state index contributed by atoms with van der Waals surface area (Å²) in [5, 5.41) is 11.5. The van der Waals surface area contributed by atoms with Crippen LogP contribution >= 0.6 is 11.6 Å². The summed E-state index contributed by atoms with van der Waals surface area (Å²) in [6.07, 6.45) is 0. The summed E-state index contributed by atoms with van der Waals surface area (Å²) in [7, 11) is 1.79. The van der Waals surface area contributed by atoms with Gasteiger partial charge in [-0.25, -0.2) is 4.98 Å². The predicted molar refractivity (Wildman–Crippen MR) is 78.9 cm³/mol. The molecule has 0 fully saturated rings. The van der Waals surface area contributed by atoms with Crippen LogP contribution in [0.25, 0.3) is 0 Å². The van der Waals surface area contributed by atoms with Crippen LogP contribution < -0.4 is 10.6 Å². The molecule has 0 radical (unpaired) electrons. The quantitative estimate of drug-likeness (QED) is 0.692. The van der Waals surface area contributed by atoms with Gasteiger partial charge in [-0.3, -0.25) is 10.1 Å². The summed E-state index contributed by atoms with van der Waals surface area (Å²) in [6, 6.07) is 9.99. The highest BCUT2D eigenvalue weighted by Crippen LogP contribution is 2.22. The van der Waals surface area contributed by atoms with Crippen LogP contribution in [-0.4, -0.2) is 17.0 Å². The molecule has 0 unspecified atom stereocenters. The summed E-state index contributed by atoms with van der Waals surface area (Å²) in [5.74, 6) is 0.573. The third-order valence-corrected chi connectivity index (χ3v) is 3.00. The number of halogens is 1. The van der Waals surface area contributed by atoms with Gasteiger partial charge in [0.2, 0.25) is 0 Å². The molecule has 2 rings (SSSR count). The van der Waals surface area contributed by atoms with E-state index in [0.29, 0.717) is 17.4 Å². The van der Waals surface area contributed by atoms with Crippen molar-refractivity contribution in [3.05, 3.63) is 57.1 Å². The van der Waals surface area contributed by atoms with E-state index in [0.717, 1.165) is 5.56 Å². The molecule has 0 saturated carbocycles. The van der Waals surface area contributed by atoms with E-state index in [1.807, 2.05) is 12.1 Å². The fraction of sp³-hybridized carbons (Fsp3) is 0.154. The minimum atomic E-state index is -0.488. The zero-order valence-corrected chi connectivity index (χ0v) is 11.5. The van der Waals surface area contributed by atoms with Gasteiger partial charge in [0.15, 0.2) is 0 Å². The SMILES string of the molecule is CN(Cc1ccc(Cl)cc1)c1cc([N+](=O)[O-])cc(N)n1. The monoisotopic (exact) mass is 292 g/mol. The fourth-order valence-corrected chi connectivity index (χ4v) is 1.89. The van der Waals surface area contributed by atoms with Gasteiger partial charge in [0, 0.05) is 18.6 Å². The van der Waals surface area contributed by atoms with E-state index in [-0.39, 0.29) is 11.5 Å². The van der Waals surface area contributed by atoms with Crippen molar-refractivity contribution in [3.63, 3.8) is 0 Å². The van der Waals surface area contributed by atoms with Crippen LogP contribution in [0.4, 0.5) is 17.3 Å². The van der Waals surface area contributed by atoms with E-state index < -0.39 is 4.92 Å². The third kappa shape index (κ3) is 3.36. The fourth-order valence-electron chi connectivity index (χ4n) is 1.77. The Morgan fingerprint density at radius 1 is 1.35 bits per heavy atom. The largest absolute Gasteiger partial charge is 0.383 e. The molecular formula is C13H13ClN4O2. The first kappa shape index (κ1) is 14.1. The Morgan fingerprint density at radius 3 is 2.60 bits per heavy atom. The van der Waals surface area contributed by atoms with Crippen molar-refractivity contribution in [2.45, 2.75) is 6.54 Å². The molecule has 2 aromatic rings. The maximum absolute atomic E-state index is 10.8. The van der Waals surface area contributed by atoms with Crippen molar-refractivity contribution in [3.8, 4) is 0 Å². The third-order valence-electron chi connectivity index (χ3n) is 2.75. The van der Waals surface area contributed by atoms with Crippen molar-refractivity contribution in [2.24, 2.45) is 0 Å². The first-order valence-corrected chi connectivity index (χ1v) is 6.21. The van der Waals surface area contributed by atoms with Gasteiger partial charge in [-0.05, 0) is 17.7 Å². The maximum Gasteiger partial charge on any atom is 0.276 e. The van der Waals surface area contributed by atoms with Gasteiger partial charge in [0.1, 0.15) is 11.6 Å². The van der Waals surface area contributed by atoms with E-state index in [2.05, 4.69) is 4.98 Å². The topological polar surface area (TPSA) is 85.3 Å². The molecule has 104 valence electrons. The standard InChI is InChI=1S/C13H13ClN4O2/c1-17(8-9-2-4-10(14)5-3-9)13-7-11(18(19)20)6-12(15)16-13/h2-7H,8H2,1H3,(H2,15,16). The van der Waals surface area contributed by atoms with Gasteiger partial charge in [0.05, 0.1) is 17.1 Å². The molecular weight excluding hydrogens is 280 g/mol. The molecule has 0 bridgehead atoms. The highest BCUT2D eigenvalue weighted by molar-refractivity contribution is 6.30. The second-order valence-corrected chi connectivity index (χ2v) is 4.78. The Balaban J connectivity index is 2.22. The summed E-state index contributed by atoms with van der Waals surface area (Å²) in [5.41, 5.74) is 6.53. The number of pyridine rings is 1. The predicted octanol–water partition coefficient (Wildman–Crippen LogP) is 2.86. The molecule has 0 saturated heterocycles. The number of rotatable bonds is 4. The van der Waals surface area contributed by atoms with E-state index >= 15 is 0 Å².